The minimum Gasteiger partial charge on any atom is -0.325 e. The number of carbonyl (C=O) groups excluding carboxylic acids is 2. The number of fused-ring (bicyclic) bond motifs is 1. The van der Waals surface area contributed by atoms with Gasteiger partial charge in [-0.2, -0.15) is 0 Å². The van der Waals surface area contributed by atoms with E-state index in [2.05, 4.69) is 25.3 Å². The number of anilines is 1. The number of nitrogens with zero attached hydrogens (tertiary/aromatic N) is 4. The Balaban J connectivity index is 1.65. The van der Waals surface area contributed by atoms with Crippen molar-refractivity contribution < 1.29 is 9.59 Å². The van der Waals surface area contributed by atoms with E-state index in [4.69, 9.17) is 0 Å². The van der Waals surface area contributed by atoms with E-state index in [0.717, 1.165) is 5.39 Å². The van der Waals surface area contributed by atoms with Crippen LogP contribution in [0, 0.1) is 6.92 Å². The lowest BCUT2D eigenvalue weighted by Gasteiger charge is -2.06. The van der Waals surface area contributed by atoms with E-state index < -0.39 is 0 Å². The van der Waals surface area contributed by atoms with Crippen molar-refractivity contribution in [3.05, 3.63) is 48.2 Å². The van der Waals surface area contributed by atoms with E-state index in [1.165, 1.54) is 25.0 Å². The summed E-state index contributed by atoms with van der Waals surface area (Å²) < 4.78 is 0. The number of rotatable bonds is 5. The quantitative estimate of drug-likeness (QED) is 0.428. The number of hydrogen-bond donors (Lipinski definition) is 1. The number of amides is 1. The fraction of sp³-hybridized carbons (Fsp3) is 0.176. The monoisotopic (exact) mass is 353 g/mol. The molecule has 0 atom stereocenters. The van der Waals surface area contributed by atoms with Gasteiger partial charge in [-0.15, -0.1) is 0 Å². The zero-order valence-electron chi connectivity index (χ0n) is 13.7. The minimum atomic E-state index is -0.166. The predicted octanol–water partition coefficient (Wildman–Crippen LogP) is 2.66. The summed E-state index contributed by atoms with van der Waals surface area (Å²) in [4.78, 5) is 40.1. The van der Waals surface area contributed by atoms with Crippen LogP contribution in [0.2, 0.25) is 0 Å². The molecule has 126 valence electrons. The third-order valence-corrected chi connectivity index (χ3v) is 4.39. The molecule has 0 unspecified atom stereocenters. The number of aryl methyl sites for hydroxylation is 1. The molecular formula is C17H15N5O2S. The van der Waals surface area contributed by atoms with Crippen molar-refractivity contribution in [1.82, 2.24) is 19.9 Å². The molecule has 8 heteroatoms. The molecule has 0 aliphatic rings. The fourth-order valence-corrected chi connectivity index (χ4v) is 2.91. The van der Waals surface area contributed by atoms with Gasteiger partial charge in [0, 0.05) is 17.4 Å². The zero-order valence-corrected chi connectivity index (χ0v) is 14.5. The van der Waals surface area contributed by atoms with Gasteiger partial charge in [-0.1, -0.05) is 11.8 Å². The van der Waals surface area contributed by atoms with Crippen LogP contribution < -0.4 is 5.32 Å². The highest BCUT2D eigenvalue weighted by Crippen LogP contribution is 2.23. The summed E-state index contributed by atoms with van der Waals surface area (Å²) >= 11 is 1.29. The second kappa shape index (κ2) is 7.35. The van der Waals surface area contributed by atoms with Gasteiger partial charge in [-0.05, 0) is 38.1 Å². The molecule has 0 saturated carbocycles. The Morgan fingerprint density at radius 1 is 1.12 bits per heavy atom. The summed E-state index contributed by atoms with van der Waals surface area (Å²) in [6.07, 6.45) is 3.09. The van der Waals surface area contributed by atoms with Crippen LogP contribution in [0.3, 0.4) is 0 Å². The molecular weight excluding hydrogens is 338 g/mol. The number of aromatic nitrogens is 4. The standard InChI is InChI=1S/C17H15N5O2S/c1-10(23)12-3-5-13(6-4-12)22-15(24)8-25-17-14-7-18-11(2)21-16(14)19-9-20-17/h3-7,9H,8H2,1-2H3,(H,22,24). The first kappa shape index (κ1) is 17.0. The van der Waals surface area contributed by atoms with E-state index >= 15 is 0 Å². The molecule has 2 heterocycles. The van der Waals surface area contributed by atoms with Gasteiger partial charge in [0.1, 0.15) is 17.2 Å². The Morgan fingerprint density at radius 3 is 2.60 bits per heavy atom. The summed E-state index contributed by atoms with van der Waals surface area (Å²) in [5.74, 6) is 0.643. The lowest BCUT2D eigenvalue weighted by molar-refractivity contribution is -0.113. The van der Waals surface area contributed by atoms with Crippen LogP contribution >= 0.6 is 11.8 Å². The fourth-order valence-electron chi connectivity index (χ4n) is 2.15. The zero-order chi connectivity index (χ0) is 17.8. The summed E-state index contributed by atoms with van der Waals surface area (Å²) in [5, 5.41) is 4.17. The smallest absolute Gasteiger partial charge is 0.234 e. The van der Waals surface area contributed by atoms with Crippen molar-refractivity contribution in [2.75, 3.05) is 11.1 Å². The normalized spacial score (nSPS) is 10.6. The average Bonchev–Trinajstić information content (AvgIpc) is 2.60. The molecule has 7 nitrogen and oxygen atoms in total. The highest BCUT2D eigenvalue weighted by Gasteiger charge is 2.10. The Bertz CT molecular complexity index is 943. The number of nitrogens with one attached hydrogen (secondary N) is 1. The first-order valence-electron chi connectivity index (χ1n) is 7.51. The van der Waals surface area contributed by atoms with Crippen molar-refractivity contribution in [2.45, 2.75) is 18.9 Å². The SMILES string of the molecule is CC(=O)c1ccc(NC(=O)CSc2ncnc3nc(C)ncc23)cc1. The first-order valence-corrected chi connectivity index (χ1v) is 8.49. The minimum absolute atomic E-state index is 0.0125. The molecule has 0 bridgehead atoms. The largest absolute Gasteiger partial charge is 0.325 e. The van der Waals surface area contributed by atoms with Crippen molar-refractivity contribution in [3.8, 4) is 0 Å². The van der Waals surface area contributed by atoms with E-state index in [-0.39, 0.29) is 17.4 Å². The molecule has 1 aromatic carbocycles. The average molecular weight is 353 g/mol. The molecule has 0 saturated heterocycles. The van der Waals surface area contributed by atoms with Crippen molar-refractivity contribution in [1.29, 1.82) is 0 Å². The summed E-state index contributed by atoms with van der Waals surface area (Å²) in [6, 6.07) is 6.78. The van der Waals surface area contributed by atoms with E-state index in [1.807, 2.05) is 0 Å². The number of ketones is 1. The molecule has 0 radical (unpaired) electrons. The van der Waals surface area contributed by atoms with Gasteiger partial charge in [0.05, 0.1) is 11.1 Å². The molecule has 0 aliphatic carbocycles. The van der Waals surface area contributed by atoms with Crippen LogP contribution in [0.15, 0.2) is 41.8 Å². The van der Waals surface area contributed by atoms with Crippen LogP contribution in [-0.4, -0.2) is 37.4 Å². The Hall–Kier alpha value is -2.87. The number of hydrogen-bond acceptors (Lipinski definition) is 7. The van der Waals surface area contributed by atoms with Gasteiger partial charge in [0.2, 0.25) is 5.91 Å². The second-order valence-corrected chi connectivity index (χ2v) is 6.27. The van der Waals surface area contributed by atoms with E-state index in [9.17, 15) is 9.59 Å². The maximum atomic E-state index is 12.1. The van der Waals surface area contributed by atoms with E-state index in [0.29, 0.717) is 27.7 Å². The molecule has 1 amide bonds. The Morgan fingerprint density at radius 2 is 1.88 bits per heavy atom. The van der Waals surface area contributed by atoms with Crippen molar-refractivity contribution in [3.63, 3.8) is 0 Å². The molecule has 25 heavy (non-hydrogen) atoms. The first-order chi connectivity index (χ1) is 12.0. The van der Waals surface area contributed by atoms with Crippen molar-refractivity contribution >= 4 is 40.2 Å². The third kappa shape index (κ3) is 4.16. The van der Waals surface area contributed by atoms with Gasteiger partial charge < -0.3 is 5.32 Å². The maximum Gasteiger partial charge on any atom is 0.234 e. The molecule has 1 N–H and O–H groups in total. The Kier molecular flexibility index (Phi) is 4.99. The number of benzene rings is 1. The van der Waals surface area contributed by atoms with Crippen LogP contribution in [-0.2, 0) is 4.79 Å². The highest BCUT2D eigenvalue weighted by atomic mass is 32.2. The van der Waals surface area contributed by atoms with Crippen LogP contribution in [0.4, 0.5) is 5.69 Å². The van der Waals surface area contributed by atoms with Gasteiger partial charge in [-0.3, -0.25) is 9.59 Å². The maximum absolute atomic E-state index is 12.1. The molecule has 3 rings (SSSR count). The number of carbonyl (C=O) groups is 2. The lowest BCUT2D eigenvalue weighted by atomic mass is 10.1. The molecule has 0 fully saturated rings. The lowest BCUT2D eigenvalue weighted by Crippen LogP contribution is -2.14. The van der Waals surface area contributed by atoms with Gasteiger partial charge in [0.15, 0.2) is 11.4 Å². The third-order valence-electron chi connectivity index (χ3n) is 3.39. The molecule has 0 spiro atoms. The summed E-state index contributed by atoms with van der Waals surface area (Å²) in [6.45, 7) is 3.29. The molecule has 0 aliphatic heterocycles. The van der Waals surface area contributed by atoms with Crippen LogP contribution in [0.25, 0.3) is 11.0 Å². The van der Waals surface area contributed by atoms with Crippen LogP contribution in [0.1, 0.15) is 23.1 Å². The van der Waals surface area contributed by atoms with Crippen molar-refractivity contribution in [2.24, 2.45) is 0 Å². The number of thioether (sulfide) groups is 1. The Labute approximate surface area is 148 Å². The topological polar surface area (TPSA) is 97.7 Å². The van der Waals surface area contributed by atoms with E-state index in [1.54, 1.807) is 37.4 Å². The molecule has 2 aromatic heterocycles. The van der Waals surface area contributed by atoms with Gasteiger partial charge in [-0.25, -0.2) is 19.9 Å². The summed E-state index contributed by atoms with van der Waals surface area (Å²) in [5.41, 5.74) is 1.81. The highest BCUT2D eigenvalue weighted by molar-refractivity contribution is 8.00. The second-order valence-electron chi connectivity index (χ2n) is 5.30. The number of Topliss-reactive ketones (excluding diaryl/α,β-unsaturated/α-hetero) is 1. The van der Waals surface area contributed by atoms with Crippen LogP contribution in [0.5, 0.6) is 0 Å². The summed E-state index contributed by atoms with van der Waals surface area (Å²) in [7, 11) is 0. The molecule has 3 aromatic rings. The predicted molar refractivity (Wildman–Crippen MR) is 95.7 cm³/mol. The van der Waals surface area contributed by atoms with Gasteiger partial charge >= 0.3 is 0 Å². The van der Waals surface area contributed by atoms with Gasteiger partial charge in [0.25, 0.3) is 0 Å².